The molecule has 0 saturated heterocycles. The normalized spacial score (nSPS) is 27.3. The second-order valence-corrected chi connectivity index (χ2v) is 6.97. The summed E-state index contributed by atoms with van der Waals surface area (Å²) >= 11 is 0. The highest BCUT2D eigenvalue weighted by atomic mass is 19.4. The van der Waals surface area contributed by atoms with Crippen molar-refractivity contribution in [2.75, 3.05) is 7.11 Å². The van der Waals surface area contributed by atoms with Crippen molar-refractivity contribution >= 4 is 11.8 Å². The summed E-state index contributed by atoms with van der Waals surface area (Å²) in [6, 6.07) is 5.98. The molecule has 1 saturated carbocycles. The SMILES string of the molecule is COc1ccc(C(C)NC(=O)[C@@H]2[C@H](NC(=O)C(F)(F)F)[C@H]3C=C[C@@H]2C3)cc1. The van der Waals surface area contributed by atoms with Gasteiger partial charge in [0.1, 0.15) is 5.75 Å². The third-order valence-corrected chi connectivity index (χ3v) is 5.29. The molecule has 8 heteroatoms. The van der Waals surface area contributed by atoms with Gasteiger partial charge in [0.25, 0.3) is 0 Å². The average Bonchev–Trinajstić information content (AvgIpc) is 3.22. The van der Waals surface area contributed by atoms with E-state index in [4.69, 9.17) is 4.74 Å². The summed E-state index contributed by atoms with van der Waals surface area (Å²) in [4.78, 5) is 24.1. The predicted octanol–water partition coefficient (Wildman–Crippen LogP) is 2.74. The number of alkyl halides is 3. The van der Waals surface area contributed by atoms with Crippen molar-refractivity contribution in [3.63, 3.8) is 0 Å². The largest absolute Gasteiger partial charge is 0.497 e. The van der Waals surface area contributed by atoms with Gasteiger partial charge in [-0.05, 0) is 42.9 Å². The quantitative estimate of drug-likeness (QED) is 0.770. The topological polar surface area (TPSA) is 67.4 Å². The van der Waals surface area contributed by atoms with Gasteiger partial charge in [0, 0.05) is 6.04 Å². The summed E-state index contributed by atoms with van der Waals surface area (Å²) in [7, 11) is 1.55. The van der Waals surface area contributed by atoms with E-state index in [0.29, 0.717) is 12.2 Å². The highest BCUT2D eigenvalue weighted by Crippen LogP contribution is 2.44. The maximum Gasteiger partial charge on any atom is 0.471 e. The number of carbonyl (C=O) groups is 2. The zero-order chi connectivity index (χ0) is 19.8. The second-order valence-electron chi connectivity index (χ2n) is 6.97. The third-order valence-electron chi connectivity index (χ3n) is 5.29. The highest BCUT2D eigenvalue weighted by Gasteiger charge is 2.51. The number of hydrogen-bond donors (Lipinski definition) is 2. The molecule has 5 nitrogen and oxygen atoms in total. The van der Waals surface area contributed by atoms with Crippen LogP contribution in [0.15, 0.2) is 36.4 Å². The van der Waals surface area contributed by atoms with Crippen molar-refractivity contribution in [2.45, 2.75) is 31.6 Å². The Balaban J connectivity index is 1.70. The zero-order valence-electron chi connectivity index (χ0n) is 14.9. The van der Waals surface area contributed by atoms with Crippen molar-refractivity contribution in [3.8, 4) is 5.75 Å². The summed E-state index contributed by atoms with van der Waals surface area (Å²) in [6.07, 6.45) is -0.771. The molecule has 2 amide bonds. The first-order chi connectivity index (χ1) is 12.7. The molecular formula is C19H21F3N2O3. The van der Waals surface area contributed by atoms with Crippen LogP contribution in [0.1, 0.15) is 24.9 Å². The number of hydrogen-bond acceptors (Lipinski definition) is 3. The molecule has 5 atom stereocenters. The van der Waals surface area contributed by atoms with Crippen molar-refractivity contribution in [3.05, 3.63) is 42.0 Å². The van der Waals surface area contributed by atoms with E-state index in [-0.39, 0.29) is 23.8 Å². The van der Waals surface area contributed by atoms with Gasteiger partial charge in [0.05, 0.1) is 19.1 Å². The Bertz CT molecular complexity index is 746. The molecule has 27 heavy (non-hydrogen) atoms. The van der Waals surface area contributed by atoms with Gasteiger partial charge in [-0.15, -0.1) is 0 Å². The Kier molecular flexibility index (Phi) is 5.17. The van der Waals surface area contributed by atoms with Gasteiger partial charge >= 0.3 is 12.1 Å². The summed E-state index contributed by atoms with van der Waals surface area (Å²) in [5.74, 6) is -2.82. The summed E-state index contributed by atoms with van der Waals surface area (Å²) in [5.41, 5.74) is 0.846. The van der Waals surface area contributed by atoms with Crippen LogP contribution in [0, 0.1) is 17.8 Å². The summed E-state index contributed by atoms with van der Waals surface area (Å²) < 4.78 is 43.0. The number of fused-ring (bicyclic) bond motifs is 2. The first-order valence-electron chi connectivity index (χ1n) is 8.71. The Morgan fingerprint density at radius 2 is 1.78 bits per heavy atom. The van der Waals surface area contributed by atoms with Crippen molar-refractivity contribution in [1.29, 1.82) is 0 Å². The van der Waals surface area contributed by atoms with Gasteiger partial charge in [-0.3, -0.25) is 9.59 Å². The Labute approximate surface area is 155 Å². The number of carbonyl (C=O) groups excluding carboxylic acids is 2. The van der Waals surface area contributed by atoms with Crippen LogP contribution in [0.5, 0.6) is 5.75 Å². The van der Waals surface area contributed by atoms with Crippen LogP contribution in [0.4, 0.5) is 13.2 Å². The van der Waals surface area contributed by atoms with Crippen LogP contribution in [-0.4, -0.2) is 31.1 Å². The Morgan fingerprint density at radius 1 is 1.15 bits per heavy atom. The van der Waals surface area contributed by atoms with E-state index in [2.05, 4.69) is 5.32 Å². The Hall–Kier alpha value is -2.51. The fraction of sp³-hybridized carbons (Fsp3) is 0.474. The van der Waals surface area contributed by atoms with E-state index in [1.54, 1.807) is 32.2 Å². The molecule has 146 valence electrons. The molecule has 2 aliphatic carbocycles. The standard InChI is InChI=1S/C19H21F3N2O3/c1-10(11-5-7-14(27-2)8-6-11)23-17(25)15-12-3-4-13(9-12)16(15)24-18(26)19(20,21)22/h3-8,10,12-13,15-16H,9H2,1-2H3,(H,23,25)(H,24,26)/t10?,12-,13+,15+,16-/m1/s1. The molecule has 2 aliphatic rings. The predicted molar refractivity (Wildman–Crippen MR) is 91.8 cm³/mol. The average molecular weight is 382 g/mol. The van der Waals surface area contributed by atoms with E-state index < -0.39 is 24.0 Å². The van der Waals surface area contributed by atoms with E-state index in [9.17, 15) is 22.8 Å². The molecule has 1 aromatic rings. The van der Waals surface area contributed by atoms with Crippen LogP contribution < -0.4 is 15.4 Å². The molecular weight excluding hydrogens is 361 g/mol. The molecule has 1 aromatic carbocycles. The molecule has 1 fully saturated rings. The number of benzene rings is 1. The van der Waals surface area contributed by atoms with Crippen molar-refractivity contribution in [2.24, 2.45) is 17.8 Å². The number of ether oxygens (including phenoxy) is 1. The van der Waals surface area contributed by atoms with E-state index in [1.165, 1.54) is 0 Å². The highest BCUT2D eigenvalue weighted by molar-refractivity contribution is 5.85. The number of amides is 2. The van der Waals surface area contributed by atoms with Crippen molar-refractivity contribution < 1.29 is 27.5 Å². The lowest BCUT2D eigenvalue weighted by Gasteiger charge is -2.29. The van der Waals surface area contributed by atoms with Crippen LogP contribution in [0.2, 0.25) is 0 Å². The van der Waals surface area contributed by atoms with Crippen LogP contribution >= 0.6 is 0 Å². The van der Waals surface area contributed by atoms with Gasteiger partial charge in [0.15, 0.2) is 0 Å². The smallest absolute Gasteiger partial charge is 0.471 e. The number of allylic oxidation sites excluding steroid dienone is 1. The van der Waals surface area contributed by atoms with Crippen LogP contribution in [0.25, 0.3) is 0 Å². The van der Waals surface area contributed by atoms with Gasteiger partial charge < -0.3 is 15.4 Å². The van der Waals surface area contributed by atoms with E-state index in [0.717, 1.165) is 5.56 Å². The summed E-state index contributed by atoms with van der Waals surface area (Å²) in [5, 5.41) is 4.87. The number of halogens is 3. The Morgan fingerprint density at radius 3 is 2.37 bits per heavy atom. The maximum atomic E-state index is 12.8. The molecule has 3 rings (SSSR count). The minimum atomic E-state index is -4.97. The number of methoxy groups -OCH3 is 1. The third kappa shape index (κ3) is 3.94. The van der Waals surface area contributed by atoms with E-state index >= 15 is 0 Å². The first kappa shape index (κ1) is 19.3. The van der Waals surface area contributed by atoms with E-state index in [1.807, 2.05) is 23.5 Å². The van der Waals surface area contributed by atoms with Crippen LogP contribution in [0.3, 0.4) is 0 Å². The molecule has 0 spiro atoms. The van der Waals surface area contributed by atoms with Gasteiger partial charge in [0.2, 0.25) is 5.91 Å². The van der Waals surface area contributed by atoms with Gasteiger partial charge in [-0.2, -0.15) is 13.2 Å². The molecule has 2 N–H and O–H groups in total. The maximum absolute atomic E-state index is 12.8. The lowest BCUT2D eigenvalue weighted by molar-refractivity contribution is -0.175. The molecule has 0 heterocycles. The molecule has 0 aromatic heterocycles. The minimum absolute atomic E-state index is 0.170. The molecule has 2 bridgehead atoms. The monoisotopic (exact) mass is 382 g/mol. The second kappa shape index (κ2) is 7.25. The minimum Gasteiger partial charge on any atom is -0.497 e. The fourth-order valence-corrected chi connectivity index (χ4v) is 3.90. The molecule has 1 unspecified atom stereocenters. The first-order valence-corrected chi connectivity index (χ1v) is 8.71. The van der Waals surface area contributed by atoms with Gasteiger partial charge in [-0.1, -0.05) is 24.3 Å². The lowest BCUT2D eigenvalue weighted by Crippen LogP contribution is -2.52. The number of nitrogens with one attached hydrogen (secondary N) is 2. The number of rotatable bonds is 5. The zero-order valence-corrected chi connectivity index (χ0v) is 14.9. The molecule has 0 aliphatic heterocycles. The lowest BCUT2D eigenvalue weighted by atomic mass is 9.87. The van der Waals surface area contributed by atoms with Crippen molar-refractivity contribution in [1.82, 2.24) is 10.6 Å². The summed E-state index contributed by atoms with van der Waals surface area (Å²) in [6.45, 7) is 1.80. The fourth-order valence-electron chi connectivity index (χ4n) is 3.90. The van der Waals surface area contributed by atoms with Gasteiger partial charge in [-0.25, -0.2) is 0 Å². The molecule has 0 radical (unpaired) electrons. The van der Waals surface area contributed by atoms with Crippen LogP contribution in [-0.2, 0) is 9.59 Å².